The number of hydrogen-bond donors (Lipinski definition) is 2. The van der Waals surface area contributed by atoms with E-state index in [4.69, 9.17) is 5.73 Å². The minimum atomic E-state index is -4.26. The number of pyridine rings is 1. The van der Waals surface area contributed by atoms with Crippen molar-refractivity contribution in [2.75, 3.05) is 13.2 Å². The number of ether oxygens (including phenoxy) is 1. The fraction of sp³-hybridized carbons (Fsp3) is 0.600. The van der Waals surface area contributed by atoms with Crippen LogP contribution in [0.15, 0.2) is 18.3 Å². The number of aromatic nitrogens is 1. The van der Waals surface area contributed by atoms with Crippen molar-refractivity contribution in [3.63, 3.8) is 0 Å². The normalized spacial score (nSPS) is 11.8. The van der Waals surface area contributed by atoms with Gasteiger partial charge in [-0.3, -0.25) is 4.79 Å². The lowest BCUT2D eigenvalue weighted by Crippen LogP contribution is -2.49. The zero-order chi connectivity index (χ0) is 18.4. The lowest BCUT2D eigenvalue weighted by atomic mass is 9.94. The zero-order valence-corrected chi connectivity index (χ0v) is 14.7. The SMILES string of the molecule is CCC(N)(CC)CNC(=O)c1ccc(OCC(F)(F)C(F)F)nc1.Cl. The van der Waals surface area contributed by atoms with Gasteiger partial charge in [0.2, 0.25) is 5.88 Å². The third-order valence-corrected chi connectivity index (χ3v) is 3.74. The first-order valence-corrected chi connectivity index (χ1v) is 7.45. The Morgan fingerprint density at radius 3 is 2.36 bits per heavy atom. The maximum Gasteiger partial charge on any atom is 0.340 e. The number of amides is 1. The highest BCUT2D eigenvalue weighted by atomic mass is 35.5. The first kappa shape index (κ1) is 23.4. The second-order valence-corrected chi connectivity index (χ2v) is 5.49. The van der Waals surface area contributed by atoms with E-state index in [1.165, 1.54) is 6.07 Å². The number of halogens is 5. The highest BCUT2D eigenvalue weighted by Gasteiger charge is 2.41. The van der Waals surface area contributed by atoms with Gasteiger partial charge in [-0.25, -0.2) is 13.8 Å². The van der Waals surface area contributed by atoms with Gasteiger partial charge in [0.25, 0.3) is 5.91 Å². The Bertz CT molecular complexity index is 540. The third-order valence-electron chi connectivity index (χ3n) is 3.74. The first-order valence-electron chi connectivity index (χ1n) is 7.45. The highest BCUT2D eigenvalue weighted by molar-refractivity contribution is 5.93. The third kappa shape index (κ3) is 7.03. The number of carbonyl (C=O) groups excluding carboxylic acids is 1. The number of nitrogens with two attached hydrogens (primary N) is 1. The molecule has 0 aliphatic rings. The van der Waals surface area contributed by atoms with E-state index in [2.05, 4.69) is 15.0 Å². The number of nitrogens with zero attached hydrogens (tertiary/aromatic N) is 1. The molecule has 25 heavy (non-hydrogen) atoms. The van der Waals surface area contributed by atoms with Gasteiger partial charge in [0.15, 0.2) is 6.61 Å². The number of carbonyl (C=O) groups is 1. The van der Waals surface area contributed by atoms with Gasteiger partial charge in [-0.05, 0) is 18.9 Å². The summed E-state index contributed by atoms with van der Waals surface area (Å²) in [5, 5.41) is 2.67. The molecule has 1 rings (SSSR count). The van der Waals surface area contributed by atoms with Crippen molar-refractivity contribution in [3.8, 4) is 5.88 Å². The first-order chi connectivity index (χ1) is 11.1. The molecule has 0 saturated heterocycles. The number of hydrogen-bond acceptors (Lipinski definition) is 4. The van der Waals surface area contributed by atoms with Gasteiger partial charge in [-0.2, -0.15) is 8.78 Å². The second-order valence-electron chi connectivity index (χ2n) is 5.49. The van der Waals surface area contributed by atoms with Crippen molar-refractivity contribution in [2.45, 2.75) is 44.6 Å². The molecule has 0 atom stereocenters. The lowest BCUT2D eigenvalue weighted by Gasteiger charge is -2.26. The summed E-state index contributed by atoms with van der Waals surface area (Å²) in [6, 6.07) is 2.46. The van der Waals surface area contributed by atoms with Gasteiger partial charge in [0, 0.05) is 24.3 Å². The molecular weight excluding hydrogens is 366 g/mol. The van der Waals surface area contributed by atoms with Crippen LogP contribution in [0.3, 0.4) is 0 Å². The Balaban J connectivity index is 0.00000576. The van der Waals surface area contributed by atoms with Crippen LogP contribution in [0.2, 0.25) is 0 Å². The van der Waals surface area contributed by atoms with Gasteiger partial charge >= 0.3 is 12.3 Å². The summed E-state index contributed by atoms with van der Waals surface area (Å²) >= 11 is 0. The average Bonchev–Trinajstić information content (AvgIpc) is 2.58. The van der Waals surface area contributed by atoms with E-state index in [0.29, 0.717) is 12.8 Å². The van der Waals surface area contributed by atoms with Crippen LogP contribution >= 0.6 is 12.4 Å². The Kier molecular flexibility index (Phi) is 9.14. The van der Waals surface area contributed by atoms with Gasteiger partial charge in [0.05, 0.1) is 5.56 Å². The Morgan fingerprint density at radius 2 is 1.92 bits per heavy atom. The average molecular weight is 388 g/mol. The van der Waals surface area contributed by atoms with Crippen molar-refractivity contribution in [3.05, 3.63) is 23.9 Å². The van der Waals surface area contributed by atoms with E-state index in [-0.39, 0.29) is 30.4 Å². The molecule has 1 aromatic heterocycles. The van der Waals surface area contributed by atoms with Crippen molar-refractivity contribution >= 4 is 18.3 Å². The predicted octanol–water partition coefficient (Wildman–Crippen LogP) is 3.03. The predicted molar refractivity (Wildman–Crippen MR) is 87.8 cm³/mol. The van der Waals surface area contributed by atoms with Crippen molar-refractivity contribution in [1.29, 1.82) is 0 Å². The number of nitrogens with one attached hydrogen (secondary N) is 1. The molecule has 0 aliphatic heterocycles. The van der Waals surface area contributed by atoms with Gasteiger partial charge in [-0.1, -0.05) is 13.8 Å². The van der Waals surface area contributed by atoms with Crippen LogP contribution in [0.4, 0.5) is 17.6 Å². The van der Waals surface area contributed by atoms with E-state index >= 15 is 0 Å². The molecule has 0 unspecified atom stereocenters. The Hall–Kier alpha value is -1.61. The van der Waals surface area contributed by atoms with Crippen LogP contribution in [-0.4, -0.2) is 41.9 Å². The van der Waals surface area contributed by atoms with E-state index in [9.17, 15) is 22.4 Å². The van der Waals surface area contributed by atoms with Crippen molar-refractivity contribution in [2.24, 2.45) is 5.73 Å². The van der Waals surface area contributed by atoms with Gasteiger partial charge in [0.1, 0.15) is 0 Å². The summed E-state index contributed by atoms with van der Waals surface area (Å²) in [6.07, 6.45) is -1.34. The van der Waals surface area contributed by atoms with Crippen LogP contribution in [-0.2, 0) is 0 Å². The molecule has 1 heterocycles. The van der Waals surface area contributed by atoms with Gasteiger partial charge < -0.3 is 15.8 Å². The van der Waals surface area contributed by atoms with E-state index in [0.717, 1.165) is 12.3 Å². The monoisotopic (exact) mass is 387 g/mol. The molecule has 10 heteroatoms. The second kappa shape index (κ2) is 9.76. The number of rotatable bonds is 9. The quantitative estimate of drug-likeness (QED) is 0.638. The summed E-state index contributed by atoms with van der Waals surface area (Å²) in [6.45, 7) is 2.61. The van der Waals surface area contributed by atoms with E-state index in [1.54, 1.807) is 0 Å². The molecule has 0 aromatic carbocycles. The van der Waals surface area contributed by atoms with Crippen LogP contribution in [0.1, 0.15) is 37.0 Å². The molecule has 0 radical (unpaired) electrons. The molecule has 0 fully saturated rings. The molecule has 0 aliphatic carbocycles. The van der Waals surface area contributed by atoms with Crippen LogP contribution in [0, 0.1) is 0 Å². The number of alkyl halides is 4. The van der Waals surface area contributed by atoms with Crippen LogP contribution in [0.5, 0.6) is 5.88 Å². The molecule has 5 nitrogen and oxygen atoms in total. The maximum absolute atomic E-state index is 12.7. The Labute approximate surface area is 149 Å². The molecule has 0 saturated carbocycles. The summed E-state index contributed by atoms with van der Waals surface area (Å²) < 4.78 is 54.0. The summed E-state index contributed by atoms with van der Waals surface area (Å²) in [5.41, 5.74) is 5.74. The smallest absolute Gasteiger partial charge is 0.340 e. The molecule has 0 spiro atoms. The molecule has 144 valence electrons. The van der Waals surface area contributed by atoms with Gasteiger partial charge in [-0.15, -0.1) is 12.4 Å². The molecule has 1 amide bonds. The van der Waals surface area contributed by atoms with Crippen molar-refractivity contribution < 1.29 is 27.1 Å². The lowest BCUT2D eigenvalue weighted by molar-refractivity contribution is -0.148. The minimum Gasteiger partial charge on any atom is -0.471 e. The van der Waals surface area contributed by atoms with E-state index < -0.39 is 30.4 Å². The largest absolute Gasteiger partial charge is 0.471 e. The summed E-state index contributed by atoms with van der Waals surface area (Å²) in [5.74, 6) is -4.96. The van der Waals surface area contributed by atoms with Crippen molar-refractivity contribution in [1.82, 2.24) is 10.3 Å². The Morgan fingerprint density at radius 1 is 1.32 bits per heavy atom. The maximum atomic E-state index is 12.7. The zero-order valence-electron chi connectivity index (χ0n) is 13.9. The standard InChI is InChI=1S/C15H21F4N3O2.ClH/c1-3-14(20,4-2)8-22-12(23)10-5-6-11(21-7-10)24-9-15(18,19)13(16)17;/h5-7,13H,3-4,8-9,20H2,1-2H3,(H,22,23);1H. The molecule has 3 N–H and O–H groups in total. The molecule has 0 bridgehead atoms. The fourth-order valence-electron chi connectivity index (χ4n) is 1.69. The summed E-state index contributed by atoms with van der Waals surface area (Å²) in [7, 11) is 0. The molecular formula is C15H22ClF4N3O2. The summed E-state index contributed by atoms with van der Waals surface area (Å²) in [4.78, 5) is 15.6. The topological polar surface area (TPSA) is 77.2 Å². The minimum absolute atomic E-state index is 0. The van der Waals surface area contributed by atoms with Crippen LogP contribution < -0.4 is 15.8 Å². The van der Waals surface area contributed by atoms with Crippen LogP contribution in [0.25, 0.3) is 0 Å². The molecule has 1 aromatic rings. The fourth-order valence-corrected chi connectivity index (χ4v) is 1.69. The highest BCUT2D eigenvalue weighted by Crippen LogP contribution is 2.23. The van der Waals surface area contributed by atoms with E-state index in [1.807, 2.05) is 13.8 Å².